The Bertz CT molecular complexity index is 1300. The summed E-state index contributed by atoms with van der Waals surface area (Å²) in [6.45, 7) is 0. The normalized spacial score (nSPS) is 13.2. The number of aromatic nitrogens is 1. The molecule has 0 fully saturated rings. The number of carbonyl (C=O) groups is 3. The summed E-state index contributed by atoms with van der Waals surface area (Å²) in [5.74, 6) is -2.07. The maximum absolute atomic E-state index is 13.2. The van der Waals surface area contributed by atoms with Crippen molar-refractivity contribution in [3.63, 3.8) is 0 Å². The lowest BCUT2D eigenvalue weighted by atomic mass is 9.92. The van der Waals surface area contributed by atoms with Crippen molar-refractivity contribution in [1.82, 2.24) is 4.57 Å². The number of carbonyl (C=O) groups excluding carboxylic acids is 2. The van der Waals surface area contributed by atoms with E-state index < -0.39 is 17.8 Å². The van der Waals surface area contributed by atoms with Crippen LogP contribution in [0.5, 0.6) is 0 Å². The van der Waals surface area contributed by atoms with Crippen molar-refractivity contribution in [2.45, 2.75) is 0 Å². The Labute approximate surface area is 165 Å². The first-order valence-corrected chi connectivity index (χ1v) is 8.97. The van der Waals surface area contributed by atoms with Crippen molar-refractivity contribution < 1.29 is 19.5 Å². The number of hydrogen-bond donors (Lipinski definition) is 1. The lowest BCUT2D eigenvalue weighted by Gasteiger charge is -2.28. The third-order valence-corrected chi connectivity index (χ3v) is 5.12. The van der Waals surface area contributed by atoms with Crippen LogP contribution in [0.1, 0.15) is 31.1 Å². The highest BCUT2D eigenvalue weighted by Crippen LogP contribution is 2.35. The Hall–Kier alpha value is -4.19. The number of anilines is 1. The number of imide groups is 1. The Morgan fingerprint density at radius 1 is 0.793 bits per heavy atom. The predicted molar refractivity (Wildman–Crippen MR) is 108 cm³/mol. The molecule has 2 amide bonds. The molecule has 5 rings (SSSR count). The minimum absolute atomic E-state index is 0.00932. The van der Waals surface area contributed by atoms with Crippen molar-refractivity contribution in [3.05, 3.63) is 95.8 Å². The fraction of sp³-hybridized carbons (Fsp3) is 0. The first-order chi connectivity index (χ1) is 14.1. The maximum atomic E-state index is 13.2. The number of amides is 2. The molecule has 0 radical (unpaired) electrons. The van der Waals surface area contributed by atoms with E-state index in [4.69, 9.17) is 0 Å². The van der Waals surface area contributed by atoms with E-state index in [9.17, 15) is 19.5 Å². The van der Waals surface area contributed by atoms with Crippen LogP contribution in [-0.4, -0.2) is 27.5 Å². The molecule has 1 aromatic heterocycles. The summed E-state index contributed by atoms with van der Waals surface area (Å²) in [4.78, 5) is 38.8. The summed E-state index contributed by atoms with van der Waals surface area (Å²) in [5.41, 5.74) is 1.93. The second kappa shape index (κ2) is 6.17. The van der Waals surface area contributed by atoms with Gasteiger partial charge in [0.05, 0.1) is 16.9 Å². The van der Waals surface area contributed by atoms with Crippen molar-refractivity contribution in [2.75, 3.05) is 4.90 Å². The van der Waals surface area contributed by atoms with Gasteiger partial charge in [-0.1, -0.05) is 18.2 Å². The zero-order valence-corrected chi connectivity index (χ0v) is 15.1. The third-order valence-electron chi connectivity index (χ3n) is 5.12. The molecule has 2 heterocycles. The van der Waals surface area contributed by atoms with Crippen molar-refractivity contribution in [3.8, 4) is 5.69 Å². The summed E-state index contributed by atoms with van der Waals surface area (Å²) in [7, 11) is 0. The fourth-order valence-corrected chi connectivity index (χ4v) is 3.81. The van der Waals surface area contributed by atoms with Crippen LogP contribution in [0.25, 0.3) is 16.5 Å². The molecule has 1 aliphatic heterocycles. The van der Waals surface area contributed by atoms with E-state index in [1.54, 1.807) is 24.3 Å². The van der Waals surface area contributed by atoms with Crippen LogP contribution in [-0.2, 0) is 0 Å². The molecule has 0 atom stereocenters. The number of aromatic carboxylic acids is 1. The number of carboxylic acids is 1. The van der Waals surface area contributed by atoms with Gasteiger partial charge in [0.25, 0.3) is 11.8 Å². The monoisotopic (exact) mass is 382 g/mol. The topological polar surface area (TPSA) is 79.6 Å². The molecule has 6 heteroatoms. The molecule has 0 unspecified atom stereocenters. The van der Waals surface area contributed by atoms with Gasteiger partial charge in [0.2, 0.25) is 0 Å². The minimum Gasteiger partial charge on any atom is -0.478 e. The molecule has 0 saturated heterocycles. The van der Waals surface area contributed by atoms with E-state index in [2.05, 4.69) is 0 Å². The lowest BCUT2D eigenvalue weighted by molar-refractivity contribution is 0.0695. The average Bonchev–Trinajstić information content (AvgIpc) is 3.26. The van der Waals surface area contributed by atoms with Gasteiger partial charge < -0.3 is 9.67 Å². The molecule has 4 aromatic rings. The first kappa shape index (κ1) is 16.9. The molecule has 140 valence electrons. The van der Waals surface area contributed by atoms with Crippen molar-refractivity contribution in [1.29, 1.82) is 0 Å². The fourth-order valence-electron chi connectivity index (χ4n) is 3.81. The third kappa shape index (κ3) is 2.46. The lowest BCUT2D eigenvalue weighted by Crippen LogP contribution is -2.40. The number of rotatable bonds is 3. The predicted octanol–water partition coefficient (Wildman–Crippen LogP) is 4.13. The maximum Gasteiger partial charge on any atom is 0.335 e. The van der Waals surface area contributed by atoms with Gasteiger partial charge in [-0.15, -0.1) is 0 Å². The average molecular weight is 382 g/mol. The molecule has 0 spiro atoms. The highest BCUT2D eigenvalue weighted by molar-refractivity contribution is 6.36. The van der Waals surface area contributed by atoms with Crippen LogP contribution in [0.3, 0.4) is 0 Å². The first-order valence-electron chi connectivity index (χ1n) is 8.97. The minimum atomic E-state index is -1.12. The van der Waals surface area contributed by atoms with Gasteiger partial charge in [0, 0.05) is 34.3 Å². The number of carboxylic acid groups (broad SMARTS) is 1. The van der Waals surface area contributed by atoms with Gasteiger partial charge in [0.1, 0.15) is 0 Å². The Kier molecular flexibility index (Phi) is 3.61. The molecule has 3 aromatic carbocycles. The molecular weight excluding hydrogens is 368 g/mol. The summed E-state index contributed by atoms with van der Waals surface area (Å²) < 4.78 is 1.93. The summed E-state index contributed by atoms with van der Waals surface area (Å²) in [6.07, 6.45) is 3.81. The Morgan fingerprint density at radius 3 is 2.21 bits per heavy atom. The van der Waals surface area contributed by atoms with Gasteiger partial charge in [-0.3, -0.25) is 9.59 Å². The van der Waals surface area contributed by atoms with Gasteiger partial charge in [-0.2, -0.15) is 0 Å². The summed E-state index contributed by atoms with van der Waals surface area (Å²) in [6, 6.07) is 18.6. The standard InChI is InChI=1S/C23H14N2O4/c26-21-17-8-4-7-16-19(24-11-1-2-12-24)10-9-18(20(16)17)22(27)25(21)15-6-3-5-14(13-15)23(28)29/h1-13H,(H,28,29). The molecule has 6 nitrogen and oxygen atoms in total. The molecule has 0 aliphatic carbocycles. The van der Waals surface area contributed by atoms with E-state index in [0.29, 0.717) is 16.5 Å². The highest BCUT2D eigenvalue weighted by atomic mass is 16.4. The molecular formula is C23H14N2O4. The van der Waals surface area contributed by atoms with E-state index in [-0.39, 0.29) is 11.3 Å². The summed E-state index contributed by atoms with van der Waals surface area (Å²) in [5, 5.41) is 10.7. The van der Waals surface area contributed by atoms with Crippen LogP contribution in [0.15, 0.2) is 79.1 Å². The molecule has 0 bridgehead atoms. The van der Waals surface area contributed by atoms with Crippen LogP contribution >= 0.6 is 0 Å². The van der Waals surface area contributed by atoms with E-state index >= 15 is 0 Å². The van der Waals surface area contributed by atoms with E-state index in [1.165, 1.54) is 18.2 Å². The number of hydrogen-bond acceptors (Lipinski definition) is 3. The van der Waals surface area contributed by atoms with Crippen LogP contribution < -0.4 is 4.90 Å². The van der Waals surface area contributed by atoms with Crippen LogP contribution in [0.2, 0.25) is 0 Å². The van der Waals surface area contributed by atoms with Gasteiger partial charge in [0.15, 0.2) is 0 Å². The van der Waals surface area contributed by atoms with Crippen LogP contribution in [0, 0.1) is 0 Å². The smallest absolute Gasteiger partial charge is 0.335 e. The molecule has 29 heavy (non-hydrogen) atoms. The zero-order chi connectivity index (χ0) is 20.1. The second-order valence-corrected chi connectivity index (χ2v) is 6.75. The largest absolute Gasteiger partial charge is 0.478 e. The van der Waals surface area contributed by atoms with Gasteiger partial charge in [-0.25, -0.2) is 9.69 Å². The molecule has 1 N–H and O–H groups in total. The SMILES string of the molecule is O=C(O)c1cccc(N2C(=O)c3cccc4c(-n5cccc5)ccc(c34)C2=O)c1. The number of benzene rings is 3. The Morgan fingerprint density at radius 2 is 1.48 bits per heavy atom. The highest BCUT2D eigenvalue weighted by Gasteiger charge is 2.34. The second-order valence-electron chi connectivity index (χ2n) is 6.75. The Balaban J connectivity index is 1.73. The van der Waals surface area contributed by atoms with Crippen molar-refractivity contribution in [2.24, 2.45) is 0 Å². The molecule has 0 saturated carbocycles. The van der Waals surface area contributed by atoms with Gasteiger partial charge in [-0.05, 0) is 48.5 Å². The van der Waals surface area contributed by atoms with E-state index in [0.717, 1.165) is 16.0 Å². The van der Waals surface area contributed by atoms with E-state index in [1.807, 2.05) is 41.2 Å². The van der Waals surface area contributed by atoms with Crippen molar-refractivity contribution >= 4 is 34.2 Å². The number of nitrogens with zero attached hydrogens (tertiary/aromatic N) is 2. The zero-order valence-electron chi connectivity index (χ0n) is 15.1. The van der Waals surface area contributed by atoms with Crippen LogP contribution in [0.4, 0.5) is 5.69 Å². The molecule has 1 aliphatic rings. The van der Waals surface area contributed by atoms with Gasteiger partial charge >= 0.3 is 5.97 Å². The quantitative estimate of drug-likeness (QED) is 0.541. The summed E-state index contributed by atoms with van der Waals surface area (Å²) >= 11 is 0.